The smallest absolute Gasteiger partial charge is 0.338 e. The molecule has 2 aromatic carbocycles. The van der Waals surface area contributed by atoms with Gasteiger partial charge >= 0.3 is 5.97 Å². The number of hydrogen-bond acceptors (Lipinski definition) is 6. The number of hydrogen-bond donors (Lipinski definition) is 0. The van der Waals surface area contributed by atoms with Crippen molar-refractivity contribution in [3.8, 4) is 11.3 Å². The number of ether oxygens (including phenoxy) is 1. The van der Waals surface area contributed by atoms with Gasteiger partial charge in [0.05, 0.1) is 29.0 Å². The molecule has 0 fully saturated rings. The molecule has 34 heavy (non-hydrogen) atoms. The van der Waals surface area contributed by atoms with Gasteiger partial charge in [0, 0.05) is 16.7 Å². The van der Waals surface area contributed by atoms with Gasteiger partial charge in [-0.2, -0.15) is 0 Å². The number of thiazole rings is 1. The second-order valence-corrected chi connectivity index (χ2v) is 9.14. The van der Waals surface area contributed by atoms with E-state index in [1.165, 1.54) is 18.4 Å². The van der Waals surface area contributed by atoms with Crippen LogP contribution in [0.2, 0.25) is 5.02 Å². The highest BCUT2D eigenvalue weighted by molar-refractivity contribution is 7.07. The number of carbonyl (C=O) groups is 1. The minimum Gasteiger partial charge on any atom is -0.466 e. The van der Waals surface area contributed by atoms with Crippen molar-refractivity contribution in [1.29, 1.82) is 0 Å². The van der Waals surface area contributed by atoms with E-state index in [2.05, 4.69) is 4.99 Å². The molecule has 6 nitrogen and oxygen atoms in total. The predicted molar refractivity (Wildman–Crippen MR) is 131 cm³/mol. The molecule has 1 unspecified atom stereocenters. The van der Waals surface area contributed by atoms with Crippen LogP contribution in [0, 0.1) is 0 Å². The molecule has 0 saturated carbocycles. The van der Waals surface area contributed by atoms with Gasteiger partial charge in [-0.1, -0.05) is 65.4 Å². The number of allylic oxidation sites excluding steroid dienone is 1. The molecule has 4 aromatic rings. The number of halogens is 1. The van der Waals surface area contributed by atoms with Gasteiger partial charge < -0.3 is 9.15 Å². The van der Waals surface area contributed by atoms with E-state index in [0.717, 1.165) is 11.1 Å². The molecular formula is C26H19ClN2O4S. The molecule has 1 aliphatic heterocycles. The normalized spacial score (nSPS) is 15.7. The summed E-state index contributed by atoms with van der Waals surface area (Å²) in [5.41, 5.74) is 2.25. The van der Waals surface area contributed by atoms with E-state index in [1.807, 2.05) is 54.6 Å². The Bertz CT molecular complexity index is 1610. The average molecular weight is 491 g/mol. The first-order valence-electron chi connectivity index (χ1n) is 10.5. The molecule has 2 aromatic heterocycles. The zero-order valence-corrected chi connectivity index (χ0v) is 19.9. The summed E-state index contributed by atoms with van der Waals surface area (Å²) in [5, 5.41) is 0.612. The second-order valence-electron chi connectivity index (χ2n) is 7.70. The maximum absolute atomic E-state index is 13.5. The van der Waals surface area contributed by atoms with Crippen LogP contribution >= 0.6 is 22.9 Å². The van der Waals surface area contributed by atoms with Gasteiger partial charge in [0.1, 0.15) is 11.5 Å². The summed E-state index contributed by atoms with van der Waals surface area (Å²) in [6.07, 6.45) is 1.69. The van der Waals surface area contributed by atoms with Crippen molar-refractivity contribution in [2.75, 3.05) is 7.11 Å². The lowest BCUT2D eigenvalue weighted by Gasteiger charge is -2.24. The van der Waals surface area contributed by atoms with Gasteiger partial charge in [0.15, 0.2) is 4.80 Å². The van der Waals surface area contributed by atoms with Gasteiger partial charge in [-0.15, -0.1) is 0 Å². The Balaban J connectivity index is 1.64. The molecule has 3 heterocycles. The van der Waals surface area contributed by atoms with Crippen molar-refractivity contribution in [3.05, 3.63) is 114 Å². The Morgan fingerprint density at radius 1 is 1.15 bits per heavy atom. The zero-order chi connectivity index (χ0) is 23.8. The summed E-state index contributed by atoms with van der Waals surface area (Å²) in [6.45, 7) is 1.75. The predicted octanol–water partition coefficient (Wildman–Crippen LogP) is 4.32. The Morgan fingerprint density at radius 3 is 2.68 bits per heavy atom. The maximum Gasteiger partial charge on any atom is 0.338 e. The lowest BCUT2D eigenvalue weighted by atomic mass is 9.96. The number of methoxy groups -OCH3 is 1. The van der Waals surface area contributed by atoms with Crippen LogP contribution in [-0.2, 0) is 9.53 Å². The van der Waals surface area contributed by atoms with Crippen molar-refractivity contribution < 1.29 is 13.9 Å². The molecule has 1 aliphatic rings. The van der Waals surface area contributed by atoms with Crippen LogP contribution in [0.25, 0.3) is 17.4 Å². The van der Waals surface area contributed by atoms with Crippen molar-refractivity contribution in [2.45, 2.75) is 13.0 Å². The molecule has 1 atom stereocenters. The third-order valence-electron chi connectivity index (χ3n) is 5.55. The summed E-state index contributed by atoms with van der Waals surface area (Å²) in [7, 11) is 1.32. The SMILES string of the molecule is COC(=O)C1=C(C)N=c2s/c(=C\c3ccc(-c4cccc(Cl)c4)o3)c(=O)n2C1c1ccccc1. The van der Waals surface area contributed by atoms with Crippen LogP contribution < -0.4 is 14.9 Å². The van der Waals surface area contributed by atoms with Gasteiger partial charge in [-0.3, -0.25) is 9.36 Å². The lowest BCUT2D eigenvalue weighted by Crippen LogP contribution is -2.39. The molecule has 0 radical (unpaired) electrons. The summed E-state index contributed by atoms with van der Waals surface area (Å²) >= 11 is 7.34. The highest BCUT2D eigenvalue weighted by Gasteiger charge is 2.32. The van der Waals surface area contributed by atoms with Gasteiger partial charge in [0.25, 0.3) is 5.56 Å². The molecule has 0 spiro atoms. The van der Waals surface area contributed by atoms with Crippen LogP contribution in [0.1, 0.15) is 24.3 Å². The van der Waals surface area contributed by atoms with Crippen LogP contribution in [0.3, 0.4) is 0 Å². The topological polar surface area (TPSA) is 73.8 Å². The minimum absolute atomic E-state index is 0.257. The third-order valence-corrected chi connectivity index (χ3v) is 6.77. The number of furan rings is 1. The second kappa shape index (κ2) is 8.93. The number of carbonyl (C=O) groups excluding carboxylic acids is 1. The number of nitrogens with zero attached hydrogens (tertiary/aromatic N) is 2. The van der Waals surface area contributed by atoms with Crippen molar-refractivity contribution in [1.82, 2.24) is 4.57 Å². The van der Waals surface area contributed by atoms with Crippen LogP contribution in [0.5, 0.6) is 0 Å². The fraction of sp³-hybridized carbons (Fsp3) is 0.115. The van der Waals surface area contributed by atoms with Gasteiger partial charge in [0.2, 0.25) is 0 Å². The monoisotopic (exact) mass is 490 g/mol. The first-order chi connectivity index (χ1) is 16.5. The molecule has 0 aliphatic carbocycles. The van der Waals surface area contributed by atoms with E-state index >= 15 is 0 Å². The van der Waals surface area contributed by atoms with Crippen molar-refractivity contribution in [3.63, 3.8) is 0 Å². The Labute approximate surface area is 203 Å². The minimum atomic E-state index is -0.634. The quantitative estimate of drug-likeness (QED) is 0.399. The molecule has 0 N–H and O–H groups in total. The van der Waals surface area contributed by atoms with Crippen molar-refractivity contribution >= 4 is 35.0 Å². The highest BCUT2D eigenvalue weighted by atomic mass is 35.5. The maximum atomic E-state index is 13.5. The van der Waals surface area contributed by atoms with Crippen LogP contribution in [0.15, 0.2) is 92.2 Å². The molecular weight excluding hydrogens is 472 g/mol. The summed E-state index contributed by atoms with van der Waals surface area (Å²) < 4.78 is 13.0. The molecule has 0 bridgehead atoms. The number of aromatic nitrogens is 1. The largest absolute Gasteiger partial charge is 0.466 e. The fourth-order valence-corrected chi connectivity index (χ4v) is 5.22. The number of benzene rings is 2. The Hall–Kier alpha value is -3.68. The Kier molecular flexibility index (Phi) is 5.81. The number of rotatable bonds is 4. The summed E-state index contributed by atoms with van der Waals surface area (Å²) in [5.74, 6) is 0.662. The summed E-state index contributed by atoms with van der Waals surface area (Å²) in [6, 6.07) is 19.8. The molecule has 5 rings (SSSR count). The van der Waals surface area contributed by atoms with Crippen LogP contribution in [0.4, 0.5) is 0 Å². The van der Waals surface area contributed by atoms with Crippen molar-refractivity contribution in [2.24, 2.45) is 4.99 Å². The lowest BCUT2D eigenvalue weighted by molar-refractivity contribution is -0.136. The molecule has 170 valence electrons. The fourth-order valence-electron chi connectivity index (χ4n) is 4.00. The standard InChI is InChI=1S/C26H19ClN2O4S/c1-15-22(25(31)32-2)23(16-7-4-3-5-8-16)29-24(30)21(34-26(29)28-15)14-19-11-12-20(33-19)17-9-6-10-18(27)13-17/h3-14,23H,1-2H3/b21-14-. The van der Waals surface area contributed by atoms with Crippen LogP contribution in [-0.4, -0.2) is 17.6 Å². The summed E-state index contributed by atoms with van der Waals surface area (Å²) in [4.78, 5) is 31.3. The van der Waals surface area contributed by atoms with E-state index < -0.39 is 12.0 Å². The first-order valence-corrected chi connectivity index (χ1v) is 11.7. The van der Waals surface area contributed by atoms with E-state index in [1.54, 1.807) is 29.7 Å². The first kappa shape index (κ1) is 22.1. The molecule has 8 heteroatoms. The average Bonchev–Trinajstić information content (AvgIpc) is 3.43. The Morgan fingerprint density at radius 2 is 1.94 bits per heavy atom. The molecule has 0 amide bonds. The van der Waals surface area contributed by atoms with Gasteiger partial charge in [-0.25, -0.2) is 9.79 Å². The zero-order valence-electron chi connectivity index (χ0n) is 18.3. The molecule has 0 saturated heterocycles. The van der Waals surface area contributed by atoms with Gasteiger partial charge in [-0.05, 0) is 36.8 Å². The van der Waals surface area contributed by atoms with E-state index in [9.17, 15) is 9.59 Å². The number of fused-ring (bicyclic) bond motifs is 1. The third kappa shape index (κ3) is 3.93. The van der Waals surface area contributed by atoms with E-state index in [0.29, 0.717) is 37.1 Å². The van der Waals surface area contributed by atoms with E-state index in [4.69, 9.17) is 20.8 Å². The van der Waals surface area contributed by atoms with E-state index in [-0.39, 0.29) is 5.56 Å². The highest BCUT2D eigenvalue weighted by Crippen LogP contribution is 2.30. The number of esters is 1.